The third-order valence-electron chi connectivity index (χ3n) is 6.09. The number of nitrogens with two attached hydrogens (primary N) is 1. The number of nitrogens with one attached hydrogen (secondary N) is 4. The minimum atomic E-state index is -0.0605. The second-order valence-corrected chi connectivity index (χ2v) is 8.26. The molecule has 2 atom stereocenters. The van der Waals surface area contributed by atoms with E-state index < -0.39 is 0 Å². The van der Waals surface area contributed by atoms with Crippen molar-refractivity contribution in [1.29, 1.82) is 5.41 Å². The number of amides is 1. The summed E-state index contributed by atoms with van der Waals surface area (Å²) >= 11 is 0. The third-order valence-corrected chi connectivity index (χ3v) is 6.09. The highest BCUT2D eigenvalue weighted by molar-refractivity contribution is 5.97. The lowest BCUT2D eigenvalue weighted by atomic mass is 10.1. The smallest absolute Gasteiger partial charge is 0.225 e. The Bertz CT molecular complexity index is 1120. The Hall–Kier alpha value is -3.59. The number of carbonyl (C=O) groups excluding carboxylic acids is 1. The first-order valence-corrected chi connectivity index (χ1v) is 10.9. The van der Waals surface area contributed by atoms with Gasteiger partial charge in [0.05, 0.1) is 34.9 Å². The van der Waals surface area contributed by atoms with Crippen molar-refractivity contribution in [3.05, 3.63) is 53.9 Å². The number of nitrogen functional groups attached to an aromatic ring is 1. The summed E-state index contributed by atoms with van der Waals surface area (Å²) in [6, 6.07) is 13.7. The van der Waals surface area contributed by atoms with E-state index >= 15 is 0 Å². The zero-order valence-electron chi connectivity index (χ0n) is 17.7. The molecule has 166 valence electrons. The van der Waals surface area contributed by atoms with Gasteiger partial charge in [0, 0.05) is 31.7 Å². The lowest BCUT2D eigenvalue weighted by Crippen LogP contribution is -2.43. The van der Waals surface area contributed by atoms with Crippen LogP contribution in [0.15, 0.2) is 42.5 Å². The minimum Gasteiger partial charge on any atom is -0.384 e. The number of H-pyrrole nitrogens is 1. The average molecular weight is 434 g/mol. The fourth-order valence-corrected chi connectivity index (χ4v) is 4.39. The van der Waals surface area contributed by atoms with Gasteiger partial charge in [0.25, 0.3) is 0 Å². The van der Waals surface area contributed by atoms with E-state index in [0.717, 1.165) is 34.7 Å². The molecule has 1 fully saturated rings. The summed E-state index contributed by atoms with van der Waals surface area (Å²) < 4.78 is 5.32. The van der Waals surface area contributed by atoms with Crippen molar-refractivity contribution in [2.75, 3.05) is 36.5 Å². The van der Waals surface area contributed by atoms with Crippen LogP contribution in [0.4, 0.5) is 11.4 Å². The number of benzene rings is 2. The summed E-state index contributed by atoms with van der Waals surface area (Å²) in [6.07, 6.45) is 1.39. The number of para-hydroxylation sites is 2. The third kappa shape index (κ3) is 3.99. The molecule has 3 heterocycles. The predicted octanol–water partition coefficient (Wildman–Crippen LogP) is 1.80. The second kappa shape index (κ2) is 8.51. The molecule has 1 saturated heterocycles. The maximum absolute atomic E-state index is 12.4. The normalized spacial score (nSPS) is 19.7. The SMILES string of the molecule is N=C(N)c1ccc2c(c1)N(CCNC(=O)C1CCOC1)C(Cc1nc3ccccc3[nH]1)N2. The summed E-state index contributed by atoms with van der Waals surface area (Å²) in [6.45, 7) is 2.27. The minimum absolute atomic E-state index is 0.0306. The number of hydrogen-bond donors (Lipinski definition) is 5. The fourth-order valence-electron chi connectivity index (χ4n) is 4.39. The highest BCUT2D eigenvalue weighted by Crippen LogP contribution is 2.36. The fraction of sp³-hybridized carbons (Fsp3) is 0.348. The topological polar surface area (TPSA) is 132 Å². The quantitative estimate of drug-likeness (QED) is 0.285. The van der Waals surface area contributed by atoms with Crippen LogP contribution >= 0.6 is 0 Å². The van der Waals surface area contributed by atoms with E-state index in [4.69, 9.17) is 20.9 Å². The van der Waals surface area contributed by atoms with Crippen LogP contribution < -0.4 is 21.3 Å². The average Bonchev–Trinajstić information content (AvgIpc) is 3.52. The molecule has 0 spiro atoms. The molecule has 2 unspecified atom stereocenters. The summed E-state index contributed by atoms with van der Waals surface area (Å²) in [7, 11) is 0. The molecule has 9 nitrogen and oxygen atoms in total. The summed E-state index contributed by atoms with van der Waals surface area (Å²) in [5.74, 6) is 0.902. The van der Waals surface area contributed by atoms with Crippen molar-refractivity contribution in [3.8, 4) is 0 Å². The lowest BCUT2D eigenvalue weighted by molar-refractivity contribution is -0.124. The molecular weight excluding hydrogens is 406 g/mol. The van der Waals surface area contributed by atoms with E-state index in [-0.39, 0.29) is 23.8 Å². The van der Waals surface area contributed by atoms with Crippen molar-refractivity contribution in [3.63, 3.8) is 0 Å². The van der Waals surface area contributed by atoms with Gasteiger partial charge in [-0.05, 0) is 36.8 Å². The van der Waals surface area contributed by atoms with Crippen molar-refractivity contribution in [1.82, 2.24) is 15.3 Å². The Kier molecular flexibility index (Phi) is 5.40. The first kappa shape index (κ1) is 20.3. The number of hydrogen-bond acceptors (Lipinski definition) is 6. The Balaban J connectivity index is 1.34. The maximum Gasteiger partial charge on any atom is 0.225 e. The van der Waals surface area contributed by atoms with E-state index in [1.165, 1.54) is 0 Å². The molecule has 0 bridgehead atoms. The van der Waals surface area contributed by atoms with Crippen LogP contribution in [0.2, 0.25) is 0 Å². The molecule has 1 amide bonds. The Morgan fingerprint density at radius 3 is 2.97 bits per heavy atom. The van der Waals surface area contributed by atoms with Crippen LogP contribution in [0.5, 0.6) is 0 Å². The largest absolute Gasteiger partial charge is 0.384 e. The number of ether oxygens (including phenoxy) is 1. The van der Waals surface area contributed by atoms with E-state index in [2.05, 4.69) is 20.5 Å². The maximum atomic E-state index is 12.4. The molecular formula is C23H27N7O2. The van der Waals surface area contributed by atoms with Crippen molar-refractivity contribution >= 4 is 34.2 Å². The summed E-state index contributed by atoms with van der Waals surface area (Å²) in [5.41, 5.74) is 10.3. The summed E-state index contributed by atoms with van der Waals surface area (Å²) in [5, 5.41) is 14.4. The molecule has 2 aromatic carbocycles. The Labute approximate surface area is 185 Å². The standard InChI is InChI=1S/C23H27N7O2/c24-22(25)14-5-6-18-19(11-14)30(9-8-26-23(31)15-7-10-32-13-15)21(29-18)12-20-27-16-3-1-2-4-17(16)28-20/h1-6,11,15,21,29H,7-10,12-13H2,(H3,24,25)(H,26,31)(H,27,28). The van der Waals surface area contributed by atoms with Crippen molar-refractivity contribution < 1.29 is 9.53 Å². The highest BCUT2D eigenvalue weighted by atomic mass is 16.5. The van der Waals surface area contributed by atoms with Crippen molar-refractivity contribution in [2.45, 2.75) is 19.0 Å². The van der Waals surface area contributed by atoms with Crippen LogP contribution in [0.25, 0.3) is 11.0 Å². The van der Waals surface area contributed by atoms with Gasteiger partial charge in [0.1, 0.15) is 17.8 Å². The number of aromatic amines is 1. The number of aromatic nitrogens is 2. The monoisotopic (exact) mass is 433 g/mol. The van der Waals surface area contributed by atoms with Crippen LogP contribution in [-0.4, -0.2) is 54.2 Å². The van der Waals surface area contributed by atoms with Crippen LogP contribution in [0, 0.1) is 11.3 Å². The number of imidazole rings is 1. The number of rotatable bonds is 7. The van der Waals surface area contributed by atoms with Crippen LogP contribution in [-0.2, 0) is 16.0 Å². The molecule has 2 aliphatic rings. The van der Waals surface area contributed by atoms with E-state index in [0.29, 0.717) is 38.3 Å². The van der Waals surface area contributed by atoms with Crippen LogP contribution in [0.3, 0.4) is 0 Å². The molecule has 5 rings (SSSR count). The number of anilines is 2. The van der Waals surface area contributed by atoms with E-state index in [9.17, 15) is 4.79 Å². The zero-order chi connectivity index (χ0) is 22.1. The molecule has 0 aliphatic carbocycles. The number of fused-ring (bicyclic) bond motifs is 2. The highest BCUT2D eigenvalue weighted by Gasteiger charge is 2.30. The lowest BCUT2D eigenvalue weighted by Gasteiger charge is -2.27. The van der Waals surface area contributed by atoms with Crippen LogP contribution in [0.1, 0.15) is 17.8 Å². The zero-order valence-corrected chi connectivity index (χ0v) is 17.7. The Morgan fingerprint density at radius 1 is 1.31 bits per heavy atom. The predicted molar refractivity (Wildman–Crippen MR) is 124 cm³/mol. The van der Waals surface area contributed by atoms with Gasteiger partial charge in [-0.3, -0.25) is 10.2 Å². The van der Waals surface area contributed by atoms with Gasteiger partial charge in [0.2, 0.25) is 5.91 Å². The van der Waals surface area contributed by atoms with Gasteiger partial charge < -0.3 is 31.0 Å². The van der Waals surface area contributed by atoms with E-state index in [1.54, 1.807) is 0 Å². The molecule has 6 N–H and O–H groups in total. The van der Waals surface area contributed by atoms with Gasteiger partial charge in [-0.25, -0.2) is 4.98 Å². The van der Waals surface area contributed by atoms with Gasteiger partial charge in [-0.2, -0.15) is 0 Å². The molecule has 3 aromatic rings. The van der Waals surface area contributed by atoms with Gasteiger partial charge >= 0.3 is 0 Å². The number of carbonyl (C=O) groups is 1. The second-order valence-electron chi connectivity index (χ2n) is 8.26. The number of nitrogens with zero attached hydrogens (tertiary/aromatic N) is 2. The number of amidine groups is 1. The molecule has 0 saturated carbocycles. The first-order chi connectivity index (χ1) is 15.6. The molecule has 9 heteroatoms. The molecule has 32 heavy (non-hydrogen) atoms. The summed E-state index contributed by atoms with van der Waals surface area (Å²) in [4.78, 5) is 22.7. The molecule has 1 aromatic heterocycles. The van der Waals surface area contributed by atoms with Crippen molar-refractivity contribution in [2.24, 2.45) is 11.7 Å². The molecule has 2 aliphatic heterocycles. The van der Waals surface area contributed by atoms with Gasteiger partial charge in [0.15, 0.2) is 0 Å². The Morgan fingerprint density at radius 2 is 2.19 bits per heavy atom. The first-order valence-electron chi connectivity index (χ1n) is 10.9. The van der Waals surface area contributed by atoms with Gasteiger partial charge in [-0.15, -0.1) is 0 Å². The van der Waals surface area contributed by atoms with E-state index in [1.807, 2.05) is 42.5 Å². The van der Waals surface area contributed by atoms with Gasteiger partial charge in [-0.1, -0.05) is 12.1 Å². The molecule has 0 radical (unpaired) electrons.